The lowest BCUT2D eigenvalue weighted by Crippen LogP contribution is -2.28. The first-order chi connectivity index (χ1) is 8.65. The van der Waals surface area contributed by atoms with E-state index in [2.05, 4.69) is 5.32 Å². The molecular weight excluding hydrogens is 233 g/mol. The Labute approximate surface area is 106 Å². The van der Waals surface area contributed by atoms with E-state index >= 15 is 0 Å². The minimum Gasteiger partial charge on any atom is -0.393 e. The fourth-order valence-electron chi connectivity index (χ4n) is 1.93. The molecule has 1 fully saturated rings. The summed E-state index contributed by atoms with van der Waals surface area (Å²) in [5, 5.41) is 12.4. The van der Waals surface area contributed by atoms with Crippen LogP contribution < -0.4 is 5.32 Å². The fourth-order valence-corrected chi connectivity index (χ4v) is 1.93. The summed E-state index contributed by atoms with van der Waals surface area (Å²) in [4.78, 5) is 11.6. The van der Waals surface area contributed by atoms with Crippen LogP contribution in [0.3, 0.4) is 0 Å². The molecule has 2 N–H and O–H groups in total. The first-order valence-corrected chi connectivity index (χ1v) is 6.34. The minimum atomic E-state index is -0.299. The van der Waals surface area contributed by atoms with Crippen LogP contribution in [0.2, 0.25) is 0 Å². The number of rotatable bonds is 6. The van der Waals surface area contributed by atoms with Crippen molar-refractivity contribution in [2.24, 2.45) is 5.92 Å². The number of carbonyl (C=O) groups excluding carboxylic acids is 1. The Balaban J connectivity index is 1.66. The predicted octanol–water partition coefficient (Wildman–Crippen LogP) is 1.65. The van der Waals surface area contributed by atoms with E-state index in [4.69, 9.17) is 0 Å². The van der Waals surface area contributed by atoms with Crippen molar-refractivity contribution in [2.45, 2.75) is 31.8 Å². The van der Waals surface area contributed by atoms with Crippen molar-refractivity contribution in [1.29, 1.82) is 0 Å². The summed E-state index contributed by atoms with van der Waals surface area (Å²) in [6.07, 6.45) is 2.78. The van der Waals surface area contributed by atoms with E-state index in [9.17, 15) is 14.3 Å². The van der Waals surface area contributed by atoms with Crippen LogP contribution in [0.4, 0.5) is 4.39 Å². The summed E-state index contributed by atoms with van der Waals surface area (Å²) in [7, 11) is 0. The van der Waals surface area contributed by atoms with E-state index in [1.54, 1.807) is 12.1 Å². The van der Waals surface area contributed by atoms with Gasteiger partial charge in [-0.2, -0.15) is 0 Å². The lowest BCUT2D eigenvalue weighted by atomic mass is 10.1. The minimum absolute atomic E-state index is 0.0930. The lowest BCUT2D eigenvalue weighted by Gasteiger charge is -2.10. The molecule has 1 amide bonds. The first kappa shape index (κ1) is 13.0. The summed E-state index contributed by atoms with van der Waals surface area (Å²) in [5.41, 5.74) is 0.789. The maximum atomic E-state index is 12.7. The highest BCUT2D eigenvalue weighted by Gasteiger charge is 2.29. The molecule has 0 aromatic heterocycles. The smallest absolute Gasteiger partial charge is 0.224 e. The average molecular weight is 251 g/mol. The highest BCUT2D eigenvalue weighted by molar-refractivity contribution is 5.78. The van der Waals surface area contributed by atoms with Gasteiger partial charge in [0.25, 0.3) is 0 Å². The number of benzene rings is 1. The van der Waals surface area contributed by atoms with E-state index in [-0.39, 0.29) is 24.2 Å². The summed E-state index contributed by atoms with van der Waals surface area (Å²) in [6.45, 7) is 0.498. The quantitative estimate of drug-likeness (QED) is 0.807. The largest absolute Gasteiger partial charge is 0.393 e. The SMILES string of the molecule is O=C(Cc1ccc(F)cc1)NCCC(O)C1CC1. The number of nitrogens with one attached hydrogen (secondary N) is 1. The number of carbonyl (C=O) groups is 1. The summed E-state index contributed by atoms with van der Waals surface area (Å²) in [5.74, 6) is 0.0512. The lowest BCUT2D eigenvalue weighted by molar-refractivity contribution is -0.120. The van der Waals surface area contributed by atoms with E-state index in [0.717, 1.165) is 18.4 Å². The highest BCUT2D eigenvalue weighted by atomic mass is 19.1. The third kappa shape index (κ3) is 4.11. The number of hydrogen-bond donors (Lipinski definition) is 2. The van der Waals surface area contributed by atoms with Crippen LogP contribution in [0.1, 0.15) is 24.8 Å². The molecular formula is C14H18FNO2. The molecule has 3 nitrogen and oxygen atoms in total. The molecule has 2 rings (SSSR count). The molecule has 1 saturated carbocycles. The maximum absolute atomic E-state index is 12.7. The van der Waals surface area contributed by atoms with Crippen LogP contribution >= 0.6 is 0 Å². The molecule has 0 bridgehead atoms. The Morgan fingerprint density at radius 3 is 2.67 bits per heavy atom. The van der Waals surface area contributed by atoms with Gasteiger partial charge in [0.15, 0.2) is 0 Å². The summed E-state index contributed by atoms with van der Waals surface area (Å²) >= 11 is 0. The number of amides is 1. The number of aliphatic hydroxyl groups is 1. The van der Waals surface area contributed by atoms with Crippen molar-refractivity contribution in [2.75, 3.05) is 6.54 Å². The Bertz CT molecular complexity index is 401. The molecule has 1 aliphatic rings. The van der Waals surface area contributed by atoms with Crippen molar-refractivity contribution >= 4 is 5.91 Å². The van der Waals surface area contributed by atoms with Crippen molar-refractivity contribution < 1.29 is 14.3 Å². The molecule has 0 aliphatic heterocycles. The van der Waals surface area contributed by atoms with E-state index in [0.29, 0.717) is 18.9 Å². The fraction of sp³-hybridized carbons (Fsp3) is 0.500. The highest BCUT2D eigenvalue weighted by Crippen LogP contribution is 2.33. The number of hydrogen-bond acceptors (Lipinski definition) is 2. The third-order valence-corrected chi connectivity index (χ3v) is 3.21. The third-order valence-electron chi connectivity index (χ3n) is 3.21. The number of halogens is 1. The van der Waals surface area contributed by atoms with Gasteiger partial charge in [-0.15, -0.1) is 0 Å². The Morgan fingerprint density at radius 1 is 1.39 bits per heavy atom. The molecule has 1 aromatic rings. The molecule has 0 spiro atoms. The van der Waals surface area contributed by atoms with Crippen LogP contribution in [0.15, 0.2) is 24.3 Å². The predicted molar refractivity (Wildman–Crippen MR) is 66.5 cm³/mol. The van der Waals surface area contributed by atoms with Crippen LogP contribution in [-0.2, 0) is 11.2 Å². The second-order valence-corrected chi connectivity index (χ2v) is 4.85. The van der Waals surface area contributed by atoms with Gasteiger partial charge in [-0.3, -0.25) is 4.79 Å². The molecule has 0 saturated heterocycles. The van der Waals surface area contributed by atoms with Crippen LogP contribution in [0, 0.1) is 11.7 Å². The molecule has 0 heterocycles. The molecule has 0 radical (unpaired) electrons. The van der Waals surface area contributed by atoms with Gasteiger partial charge in [0.2, 0.25) is 5.91 Å². The Hall–Kier alpha value is -1.42. The van der Waals surface area contributed by atoms with E-state index < -0.39 is 0 Å². The molecule has 18 heavy (non-hydrogen) atoms. The molecule has 1 aliphatic carbocycles. The van der Waals surface area contributed by atoms with Gasteiger partial charge in [-0.25, -0.2) is 4.39 Å². The second kappa shape index (κ2) is 5.96. The Kier molecular flexibility index (Phi) is 4.31. The molecule has 98 valence electrons. The molecule has 1 unspecified atom stereocenters. The number of aliphatic hydroxyl groups excluding tert-OH is 1. The standard InChI is InChI=1S/C14H18FNO2/c15-12-5-1-10(2-6-12)9-14(18)16-8-7-13(17)11-3-4-11/h1-2,5-6,11,13,17H,3-4,7-9H2,(H,16,18). The van der Waals surface area contributed by atoms with Crippen molar-refractivity contribution in [3.8, 4) is 0 Å². The second-order valence-electron chi connectivity index (χ2n) is 4.85. The first-order valence-electron chi connectivity index (χ1n) is 6.34. The van der Waals surface area contributed by atoms with Crippen LogP contribution in [-0.4, -0.2) is 23.7 Å². The van der Waals surface area contributed by atoms with E-state index in [1.807, 2.05) is 0 Å². The van der Waals surface area contributed by atoms with Gasteiger partial charge in [0.05, 0.1) is 12.5 Å². The van der Waals surface area contributed by atoms with Gasteiger partial charge in [0.1, 0.15) is 5.82 Å². The van der Waals surface area contributed by atoms with Gasteiger partial charge in [0, 0.05) is 6.54 Å². The molecule has 1 aromatic carbocycles. The van der Waals surface area contributed by atoms with Gasteiger partial charge in [-0.05, 0) is 42.9 Å². The van der Waals surface area contributed by atoms with Gasteiger partial charge < -0.3 is 10.4 Å². The van der Waals surface area contributed by atoms with Crippen LogP contribution in [0.5, 0.6) is 0 Å². The van der Waals surface area contributed by atoms with Crippen LogP contribution in [0.25, 0.3) is 0 Å². The van der Waals surface area contributed by atoms with Gasteiger partial charge >= 0.3 is 0 Å². The molecule has 1 atom stereocenters. The average Bonchev–Trinajstić information content (AvgIpc) is 3.16. The van der Waals surface area contributed by atoms with E-state index in [1.165, 1.54) is 12.1 Å². The Morgan fingerprint density at radius 2 is 2.06 bits per heavy atom. The zero-order valence-electron chi connectivity index (χ0n) is 10.2. The topological polar surface area (TPSA) is 49.3 Å². The summed E-state index contributed by atoms with van der Waals surface area (Å²) < 4.78 is 12.7. The van der Waals surface area contributed by atoms with Crippen molar-refractivity contribution in [3.05, 3.63) is 35.6 Å². The molecule has 4 heteroatoms. The van der Waals surface area contributed by atoms with Gasteiger partial charge in [-0.1, -0.05) is 12.1 Å². The summed E-state index contributed by atoms with van der Waals surface area (Å²) in [6, 6.07) is 5.90. The maximum Gasteiger partial charge on any atom is 0.224 e. The van der Waals surface area contributed by atoms with Crippen molar-refractivity contribution in [3.63, 3.8) is 0 Å². The zero-order valence-corrected chi connectivity index (χ0v) is 10.2. The zero-order chi connectivity index (χ0) is 13.0. The normalized spacial score (nSPS) is 16.3. The van der Waals surface area contributed by atoms with Crippen molar-refractivity contribution in [1.82, 2.24) is 5.32 Å². The monoisotopic (exact) mass is 251 g/mol.